The number of aliphatic imine (C=N–C) groups is 1. The van der Waals surface area contributed by atoms with Gasteiger partial charge in [-0.3, -0.25) is 19.3 Å². The molecule has 1 atom stereocenters. The Kier molecular flexibility index (Phi) is 5.51. The van der Waals surface area contributed by atoms with E-state index in [1.807, 2.05) is 0 Å². The van der Waals surface area contributed by atoms with Crippen LogP contribution in [0.2, 0.25) is 0 Å². The van der Waals surface area contributed by atoms with Crippen molar-refractivity contribution in [2.24, 2.45) is 10.9 Å². The molecule has 9 nitrogen and oxygen atoms in total. The normalized spacial score (nSPS) is 18.1. The maximum atomic E-state index is 10.9. The fourth-order valence-electron chi connectivity index (χ4n) is 2.20. The standard InChI is InChI=1S/C14H17N2O7P/c1-8-13(17)12(10(5-15-8)7-23-24(20,21)22)6-16-11-3-2-9(4-11)14(18)19/h3,5-6,9,17H,2,4,7H2,1H3,(H,18,19)(H2,20,21,22)/t9-/m0/s1. The molecule has 0 fully saturated rings. The van der Waals surface area contributed by atoms with Gasteiger partial charge in [0.2, 0.25) is 0 Å². The van der Waals surface area contributed by atoms with Crippen LogP contribution in [0.4, 0.5) is 0 Å². The lowest BCUT2D eigenvalue weighted by Gasteiger charge is -2.10. The molecule has 10 heteroatoms. The summed E-state index contributed by atoms with van der Waals surface area (Å²) in [6.45, 7) is 1.11. The van der Waals surface area contributed by atoms with Gasteiger partial charge in [-0.15, -0.1) is 0 Å². The van der Waals surface area contributed by atoms with E-state index in [9.17, 15) is 14.5 Å². The number of phosphoric ester groups is 1. The van der Waals surface area contributed by atoms with E-state index >= 15 is 0 Å². The van der Waals surface area contributed by atoms with E-state index in [-0.39, 0.29) is 23.3 Å². The molecule has 0 unspecified atom stereocenters. The molecular weight excluding hydrogens is 339 g/mol. The van der Waals surface area contributed by atoms with Crippen LogP contribution in [0.25, 0.3) is 0 Å². The highest BCUT2D eigenvalue weighted by atomic mass is 31.2. The van der Waals surface area contributed by atoms with Gasteiger partial charge in [0.15, 0.2) is 0 Å². The molecule has 0 aromatic carbocycles. The van der Waals surface area contributed by atoms with Crippen molar-refractivity contribution >= 4 is 20.0 Å². The molecule has 2 rings (SSSR count). The van der Waals surface area contributed by atoms with E-state index in [4.69, 9.17) is 14.9 Å². The Hall–Kier alpha value is -2.06. The molecule has 0 radical (unpaired) electrons. The number of phosphoric acid groups is 1. The number of aliphatic carboxylic acids is 1. The molecule has 0 amide bonds. The SMILES string of the molecule is Cc1ncc(COP(=O)(O)O)c(C=NC2=CC[C@H](C(=O)O)C2)c1O. The third-order valence-corrected chi connectivity index (χ3v) is 4.01. The Bertz CT molecular complexity index is 754. The van der Waals surface area contributed by atoms with Crippen molar-refractivity contribution in [3.05, 3.63) is 34.8 Å². The first-order chi connectivity index (χ1) is 11.2. The van der Waals surface area contributed by atoms with Crippen LogP contribution in [0.3, 0.4) is 0 Å². The molecule has 1 aliphatic rings. The number of hydrogen-bond acceptors (Lipinski definition) is 6. The molecule has 24 heavy (non-hydrogen) atoms. The van der Waals surface area contributed by atoms with Gasteiger partial charge in [0.25, 0.3) is 0 Å². The summed E-state index contributed by atoms with van der Waals surface area (Å²) in [5.74, 6) is -1.59. The van der Waals surface area contributed by atoms with E-state index in [0.717, 1.165) is 0 Å². The van der Waals surface area contributed by atoms with Crippen LogP contribution in [-0.4, -0.2) is 37.2 Å². The van der Waals surface area contributed by atoms with Crippen molar-refractivity contribution in [1.29, 1.82) is 0 Å². The number of hydrogen-bond donors (Lipinski definition) is 4. The minimum Gasteiger partial charge on any atom is -0.505 e. The zero-order chi connectivity index (χ0) is 17.9. The number of aromatic hydroxyl groups is 1. The van der Waals surface area contributed by atoms with Crippen molar-refractivity contribution in [2.45, 2.75) is 26.4 Å². The molecule has 4 N–H and O–H groups in total. The van der Waals surface area contributed by atoms with Crippen molar-refractivity contribution in [3.8, 4) is 5.75 Å². The van der Waals surface area contributed by atoms with Gasteiger partial charge in [-0.05, 0) is 13.3 Å². The van der Waals surface area contributed by atoms with Gasteiger partial charge >= 0.3 is 13.8 Å². The van der Waals surface area contributed by atoms with Crippen molar-refractivity contribution in [1.82, 2.24) is 4.98 Å². The van der Waals surface area contributed by atoms with Crippen LogP contribution in [0.5, 0.6) is 5.75 Å². The quantitative estimate of drug-likeness (QED) is 0.442. The highest BCUT2D eigenvalue weighted by Crippen LogP contribution is 2.38. The van der Waals surface area contributed by atoms with Crippen molar-refractivity contribution < 1.29 is 33.9 Å². The number of carbonyl (C=O) groups is 1. The third-order valence-electron chi connectivity index (χ3n) is 3.55. The zero-order valence-corrected chi connectivity index (χ0v) is 13.7. The molecule has 1 heterocycles. The number of carboxylic acids is 1. The number of rotatable bonds is 6. The lowest BCUT2D eigenvalue weighted by molar-refractivity contribution is -0.141. The summed E-state index contributed by atoms with van der Waals surface area (Å²) in [6.07, 6.45) is 5.02. The molecule has 1 aromatic heterocycles. The van der Waals surface area contributed by atoms with Crippen molar-refractivity contribution in [3.63, 3.8) is 0 Å². The maximum Gasteiger partial charge on any atom is 0.469 e. The highest BCUT2D eigenvalue weighted by Gasteiger charge is 2.23. The maximum absolute atomic E-state index is 10.9. The fourth-order valence-corrected chi connectivity index (χ4v) is 2.51. The summed E-state index contributed by atoms with van der Waals surface area (Å²) in [7, 11) is -4.67. The third kappa shape index (κ3) is 4.72. The highest BCUT2D eigenvalue weighted by molar-refractivity contribution is 7.46. The van der Waals surface area contributed by atoms with E-state index < -0.39 is 26.3 Å². The number of aromatic nitrogens is 1. The van der Waals surface area contributed by atoms with Crippen LogP contribution >= 0.6 is 7.82 Å². The van der Waals surface area contributed by atoms with Gasteiger partial charge in [-0.25, -0.2) is 4.57 Å². The topological polar surface area (TPSA) is 150 Å². The smallest absolute Gasteiger partial charge is 0.469 e. The molecule has 1 aliphatic carbocycles. The summed E-state index contributed by atoms with van der Waals surface area (Å²) >= 11 is 0. The monoisotopic (exact) mass is 356 g/mol. The molecule has 130 valence electrons. The van der Waals surface area contributed by atoms with Gasteiger partial charge in [-0.1, -0.05) is 6.08 Å². The van der Waals surface area contributed by atoms with Crippen LogP contribution < -0.4 is 0 Å². The Labute approximate surface area is 137 Å². The molecule has 0 saturated carbocycles. The number of allylic oxidation sites excluding steroid dienone is 2. The van der Waals surface area contributed by atoms with Gasteiger partial charge < -0.3 is 20.0 Å². The summed E-state index contributed by atoms with van der Waals surface area (Å²) in [5, 5.41) is 19.1. The predicted molar refractivity (Wildman–Crippen MR) is 83.5 cm³/mol. The van der Waals surface area contributed by atoms with Gasteiger partial charge in [0.1, 0.15) is 5.75 Å². The number of carboxylic acid groups (broad SMARTS) is 1. The second kappa shape index (κ2) is 7.23. The van der Waals surface area contributed by atoms with Crippen LogP contribution in [0.15, 0.2) is 23.0 Å². The fraction of sp³-hybridized carbons (Fsp3) is 0.357. The Morgan fingerprint density at radius 3 is 2.83 bits per heavy atom. The molecule has 0 saturated heterocycles. The van der Waals surface area contributed by atoms with Gasteiger partial charge in [0, 0.05) is 35.7 Å². The first kappa shape index (κ1) is 18.3. The van der Waals surface area contributed by atoms with E-state index in [0.29, 0.717) is 17.8 Å². The zero-order valence-electron chi connectivity index (χ0n) is 12.8. The first-order valence-electron chi connectivity index (χ1n) is 7.01. The van der Waals surface area contributed by atoms with Crippen LogP contribution in [0, 0.1) is 12.8 Å². The summed E-state index contributed by atoms with van der Waals surface area (Å²) in [6, 6.07) is 0. The Morgan fingerprint density at radius 1 is 1.54 bits per heavy atom. The summed E-state index contributed by atoms with van der Waals surface area (Å²) in [4.78, 5) is 36.6. The second-order valence-electron chi connectivity index (χ2n) is 5.32. The minimum absolute atomic E-state index is 0.182. The summed E-state index contributed by atoms with van der Waals surface area (Å²) < 4.78 is 15.3. The second-order valence-corrected chi connectivity index (χ2v) is 6.56. The Morgan fingerprint density at radius 2 is 2.25 bits per heavy atom. The van der Waals surface area contributed by atoms with Gasteiger partial charge in [-0.2, -0.15) is 0 Å². The van der Waals surface area contributed by atoms with Crippen LogP contribution in [-0.2, 0) is 20.5 Å². The molecule has 0 spiro atoms. The number of aryl methyl sites for hydroxylation is 1. The lowest BCUT2D eigenvalue weighted by atomic mass is 10.1. The average Bonchev–Trinajstić information content (AvgIpc) is 2.95. The summed E-state index contributed by atoms with van der Waals surface area (Å²) in [5.41, 5.74) is 1.35. The number of nitrogens with zero attached hydrogens (tertiary/aromatic N) is 2. The van der Waals surface area contributed by atoms with Gasteiger partial charge in [0.05, 0.1) is 18.2 Å². The van der Waals surface area contributed by atoms with Crippen LogP contribution in [0.1, 0.15) is 29.7 Å². The number of pyridine rings is 1. The predicted octanol–water partition coefficient (Wildman–Crippen LogP) is 1.50. The van der Waals surface area contributed by atoms with E-state index in [1.54, 1.807) is 13.0 Å². The van der Waals surface area contributed by atoms with E-state index in [1.165, 1.54) is 12.4 Å². The van der Waals surface area contributed by atoms with E-state index in [2.05, 4.69) is 14.5 Å². The lowest BCUT2D eigenvalue weighted by Crippen LogP contribution is -2.09. The first-order valence-corrected chi connectivity index (χ1v) is 8.54. The molecule has 0 bridgehead atoms. The molecule has 0 aliphatic heterocycles. The minimum atomic E-state index is -4.67. The molecule has 1 aromatic rings. The van der Waals surface area contributed by atoms with Crippen molar-refractivity contribution in [2.75, 3.05) is 0 Å². The largest absolute Gasteiger partial charge is 0.505 e. The average molecular weight is 356 g/mol. The Balaban J connectivity index is 2.22. The molecular formula is C14H17N2O7P.